The van der Waals surface area contributed by atoms with Gasteiger partial charge in [-0.1, -0.05) is 43.6 Å². The van der Waals surface area contributed by atoms with Gasteiger partial charge >= 0.3 is 0 Å². The molecule has 202 valence electrons. The van der Waals surface area contributed by atoms with Crippen molar-refractivity contribution in [2.45, 2.75) is 46.0 Å². The van der Waals surface area contributed by atoms with Crippen LogP contribution in [0.25, 0.3) is 16.5 Å². The summed E-state index contributed by atoms with van der Waals surface area (Å²) < 4.78 is 16.0. The average molecular weight is 568 g/mol. The van der Waals surface area contributed by atoms with E-state index in [1.165, 1.54) is 33.1 Å². The number of rotatable bonds is 6. The summed E-state index contributed by atoms with van der Waals surface area (Å²) in [5.41, 5.74) is 2.22. The molecule has 0 spiro atoms. The van der Waals surface area contributed by atoms with Crippen LogP contribution in [0.2, 0.25) is 5.02 Å². The fourth-order valence-corrected chi connectivity index (χ4v) is 5.98. The van der Waals surface area contributed by atoms with Crippen LogP contribution >= 0.6 is 22.9 Å². The van der Waals surface area contributed by atoms with Crippen LogP contribution in [-0.4, -0.2) is 48.5 Å². The van der Waals surface area contributed by atoms with E-state index in [1.807, 2.05) is 44.4 Å². The SMILES string of the molecule is CCc1cccc(CC)c1-n1c(-c2nc(C)cs2)nc(=O)c(C(=O)N2CCC(c3ncc(Cl)cc3F)C2)c1O. The lowest BCUT2D eigenvalue weighted by Crippen LogP contribution is -2.34. The summed E-state index contributed by atoms with van der Waals surface area (Å²) in [6.07, 6.45) is 3.13. The number of halogens is 2. The van der Waals surface area contributed by atoms with E-state index in [1.54, 1.807) is 0 Å². The summed E-state index contributed by atoms with van der Waals surface area (Å²) in [7, 11) is 0. The van der Waals surface area contributed by atoms with Gasteiger partial charge in [0.1, 0.15) is 5.82 Å². The first-order chi connectivity index (χ1) is 18.7. The lowest BCUT2D eigenvalue weighted by atomic mass is 10.0. The zero-order valence-corrected chi connectivity index (χ0v) is 23.3. The number of nitrogens with zero attached hydrogens (tertiary/aromatic N) is 5. The van der Waals surface area contributed by atoms with Crippen LogP contribution in [0.15, 0.2) is 40.6 Å². The van der Waals surface area contributed by atoms with Crippen LogP contribution < -0.4 is 5.56 Å². The molecular weight excluding hydrogens is 541 g/mol. The van der Waals surface area contributed by atoms with Gasteiger partial charge in [0.15, 0.2) is 16.4 Å². The number of aromatic nitrogens is 4. The molecule has 5 rings (SSSR count). The number of carbonyl (C=O) groups excluding carboxylic acids is 1. The summed E-state index contributed by atoms with van der Waals surface area (Å²) in [5, 5.41) is 14.1. The Hall–Kier alpha value is -3.63. The van der Waals surface area contributed by atoms with Gasteiger partial charge in [0.25, 0.3) is 11.5 Å². The first-order valence-corrected chi connectivity index (χ1v) is 14.0. The van der Waals surface area contributed by atoms with Gasteiger partial charge in [-0.25, -0.2) is 9.37 Å². The van der Waals surface area contributed by atoms with Crippen molar-refractivity contribution in [1.82, 2.24) is 24.4 Å². The normalized spacial score (nSPS) is 15.2. The van der Waals surface area contributed by atoms with E-state index in [0.29, 0.717) is 30.0 Å². The van der Waals surface area contributed by atoms with Gasteiger partial charge in [-0.3, -0.25) is 19.1 Å². The second-order valence-corrected chi connectivity index (χ2v) is 10.8. The molecule has 1 aliphatic heterocycles. The largest absolute Gasteiger partial charge is 0.493 e. The standard InChI is InChI=1S/C28H27ClFN5O3S/c1-4-16-7-6-8-17(5-2)23(16)35-24(26-32-15(3)14-39-26)33-25(36)21(28(35)38)27(37)34-10-9-18(13-34)22-20(30)11-19(29)12-31-22/h6-8,11-12,14,18,38H,4-5,9-10,13H2,1-3H3. The van der Waals surface area contributed by atoms with E-state index in [2.05, 4.69) is 15.0 Å². The van der Waals surface area contributed by atoms with Gasteiger partial charge in [0, 0.05) is 36.3 Å². The Balaban J connectivity index is 1.63. The number of aromatic hydroxyl groups is 1. The number of thiazole rings is 1. The second kappa shape index (κ2) is 10.9. The number of aryl methyl sites for hydroxylation is 3. The van der Waals surface area contributed by atoms with Gasteiger partial charge < -0.3 is 10.0 Å². The van der Waals surface area contributed by atoms with Crippen molar-refractivity contribution in [3.63, 3.8) is 0 Å². The van der Waals surface area contributed by atoms with Crippen molar-refractivity contribution in [3.8, 4) is 22.4 Å². The second-order valence-electron chi connectivity index (χ2n) is 9.46. The monoisotopic (exact) mass is 567 g/mol. The topological polar surface area (TPSA) is 101 Å². The number of carbonyl (C=O) groups is 1. The Morgan fingerprint density at radius 2 is 1.95 bits per heavy atom. The third-order valence-electron chi connectivity index (χ3n) is 6.98. The molecular formula is C28H27ClFN5O3S. The molecule has 0 radical (unpaired) electrons. The van der Waals surface area contributed by atoms with Crippen molar-refractivity contribution >= 4 is 28.8 Å². The molecule has 0 bridgehead atoms. The van der Waals surface area contributed by atoms with E-state index in [4.69, 9.17) is 11.6 Å². The molecule has 1 N–H and O–H groups in total. The maximum absolute atomic E-state index is 14.5. The van der Waals surface area contributed by atoms with E-state index < -0.39 is 28.7 Å². The maximum atomic E-state index is 14.5. The van der Waals surface area contributed by atoms with Gasteiger partial charge in [0.05, 0.1) is 16.4 Å². The van der Waals surface area contributed by atoms with Crippen molar-refractivity contribution in [3.05, 3.63) is 85.1 Å². The lowest BCUT2D eigenvalue weighted by molar-refractivity contribution is 0.0784. The fraction of sp³-hybridized carbons (Fsp3) is 0.321. The number of para-hydroxylation sites is 1. The smallest absolute Gasteiger partial charge is 0.290 e. The summed E-state index contributed by atoms with van der Waals surface area (Å²) in [6.45, 7) is 6.24. The quantitative estimate of drug-likeness (QED) is 0.339. The van der Waals surface area contributed by atoms with Gasteiger partial charge in [-0.05, 0) is 43.4 Å². The fourth-order valence-electron chi connectivity index (χ4n) is 5.06. The molecule has 1 fully saturated rings. The predicted molar refractivity (Wildman–Crippen MR) is 149 cm³/mol. The van der Waals surface area contributed by atoms with Crippen molar-refractivity contribution in [2.75, 3.05) is 13.1 Å². The number of pyridine rings is 1. The highest BCUT2D eigenvalue weighted by Gasteiger charge is 2.35. The van der Waals surface area contributed by atoms with Gasteiger partial charge in [-0.15, -0.1) is 11.3 Å². The molecule has 11 heteroatoms. The third kappa shape index (κ3) is 4.94. The Labute approximate surface area is 233 Å². The molecule has 4 heterocycles. The highest BCUT2D eigenvalue weighted by Crippen LogP contribution is 2.35. The Bertz CT molecular complexity index is 1610. The zero-order valence-electron chi connectivity index (χ0n) is 21.7. The Morgan fingerprint density at radius 3 is 2.56 bits per heavy atom. The lowest BCUT2D eigenvalue weighted by Gasteiger charge is -2.22. The van der Waals surface area contributed by atoms with E-state index in [0.717, 1.165) is 16.8 Å². The average Bonchev–Trinajstić information content (AvgIpc) is 3.57. The van der Waals surface area contributed by atoms with Gasteiger partial charge in [-0.2, -0.15) is 4.98 Å². The molecule has 8 nitrogen and oxygen atoms in total. The molecule has 0 aliphatic carbocycles. The van der Waals surface area contributed by atoms with Crippen LogP contribution in [0.4, 0.5) is 4.39 Å². The highest BCUT2D eigenvalue weighted by atomic mass is 35.5. The number of amides is 1. The minimum atomic E-state index is -0.845. The number of hydrogen-bond donors (Lipinski definition) is 1. The first-order valence-electron chi connectivity index (χ1n) is 12.7. The van der Waals surface area contributed by atoms with Crippen molar-refractivity contribution < 1.29 is 14.3 Å². The highest BCUT2D eigenvalue weighted by molar-refractivity contribution is 7.13. The van der Waals surface area contributed by atoms with Crippen molar-refractivity contribution in [2.24, 2.45) is 0 Å². The number of hydrogen-bond acceptors (Lipinski definition) is 7. The van der Waals surface area contributed by atoms with Crippen molar-refractivity contribution in [1.29, 1.82) is 0 Å². The predicted octanol–water partition coefficient (Wildman–Crippen LogP) is 5.31. The van der Waals surface area contributed by atoms with E-state index in [-0.39, 0.29) is 35.5 Å². The number of likely N-dealkylation sites (tertiary alicyclic amines) is 1. The molecule has 4 aromatic rings. The molecule has 1 unspecified atom stereocenters. The summed E-state index contributed by atoms with van der Waals surface area (Å²) >= 11 is 7.15. The van der Waals surface area contributed by atoms with Crippen LogP contribution in [-0.2, 0) is 12.8 Å². The summed E-state index contributed by atoms with van der Waals surface area (Å²) in [6, 6.07) is 7.03. The zero-order chi connectivity index (χ0) is 27.8. The molecule has 1 aliphatic rings. The molecule has 39 heavy (non-hydrogen) atoms. The van der Waals surface area contributed by atoms with Crippen LogP contribution in [0, 0.1) is 12.7 Å². The number of benzene rings is 1. The van der Waals surface area contributed by atoms with Crippen LogP contribution in [0.3, 0.4) is 0 Å². The van der Waals surface area contributed by atoms with Crippen LogP contribution in [0.5, 0.6) is 5.88 Å². The molecule has 3 aromatic heterocycles. The minimum Gasteiger partial charge on any atom is -0.493 e. The van der Waals surface area contributed by atoms with Gasteiger partial charge in [0.2, 0.25) is 5.88 Å². The molecule has 1 amide bonds. The Kier molecular flexibility index (Phi) is 7.51. The third-order valence-corrected chi connectivity index (χ3v) is 8.14. The molecule has 0 saturated carbocycles. The van der Waals surface area contributed by atoms with E-state index >= 15 is 0 Å². The molecule has 1 saturated heterocycles. The molecule has 1 aromatic carbocycles. The molecule has 1 atom stereocenters. The summed E-state index contributed by atoms with van der Waals surface area (Å²) in [5.74, 6) is -1.88. The Morgan fingerprint density at radius 1 is 1.23 bits per heavy atom. The minimum absolute atomic E-state index is 0.141. The van der Waals surface area contributed by atoms with Crippen LogP contribution in [0.1, 0.15) is 59.1 Å². The van der Waals surface area contributed by atoms with E-state index in [9.17, 15) is 19.1 Å². The maximum Gasteiger partial charge on any atom is 0.290 e. The first kappa shape index (κ1) is 27.0. The summed E-state index contributed by atoms with van der Waals surface area (Å²) in [4.78, 5) is 41.4.